The molecule has 2 heterocycles. The maximum absolute atomic E-state index is 11.7. The molecule has 1 atom stereocenters. The number of carbonyl (C=O) groups is 1. The zero-order chi connectivity index (χ0) is 10.8. The van der Waals surface area contributed by atoms with Crippen LogP contribution in [0.4, 0.5) is 5.69 Å². The number of aryl methyl sites for hydroxylation is 1. The fourth-order valence-corrected chi connectivity index (χ4v) is 1.81. The molecule has 1 aromatic rings. The van der Waals surface area contributed by atoms with Crippen LogP contribution in [0.5, 0.6) is 0 Å². The normalized spacial score (nSPS) is 20.4. The molecule has 0 bridgehead atoms. The zero-order valence-electron chi connectivity index (χ0n) is 8.60. The number of aromatic nitrogens is 1. The van der Waals surface area contributed by atoms with Gasteiger partial charge in [0.1, 0.15) is 0 Å². The van der Waals surface area contributed by atoms with Crippen LogP contribution in [0.1, 0.15) is 12.1 Å². The van der Waals surface area contributed by atoms with E-state index < -0.39 is 0 Å². The Kier molecular flexibility index (Phi) is 2.42. The van der Waals surface area contributed by atoms with Gasteiger partial charge in [-0.3, -0.25) is 9.78 Å². The zero-order valence-corrected chi connectivity index (χ0v) is 8.60. The van der Waals surface area contributed by atoms with Crippen LogP contribution < -0.4 is 4.90 Å². The van der Waals surface area contributed by atoms with E-state index in [0.29, 0.717) is 13.0 Å². The topological polar surface area (TPSA) is 33.2 Å². The average molecular weight is 200 g/mol. The van der Waals surface area contributed by atoms with Gasteiger partial charge in [0.25, 0.3) is 0 Å². The molecule has 1 aliphatic rings. The number of pyridine rings is 1. The van der Waals surface area contributed by atoms with Crippen molar-refractivity contribution < 1.29 is 4.79 Å². The summed E-state index contributed by atoms with van der Waals surface area (Å²) in [5.41, 5.74) is 1.74. The lowest BCUT2D eigenvalue weighted by Gasteiger charge is -2.17. The monoisotopic (exact) mass is 200 g/mol. The maximum Gasteiger partial charge on any atom is 0.228 e. The molecule has 0 aliphatic carbocycles. The highest BCUT2D eigenvalue weighted by Crippen LogP contribution is 2.25. The Morgan fingerprint density at radius 2 is 2.47 bits per heavy atom. The third kappa shape index (κ3) is 1.71. The van der Waals surface area contributed by atoms with E-state index in [1.165, 1.54) is 0 Å². The minimum atomic E-state index is 0.0390. The van der Waals surface area contributed by atoms with Gasteiger partial charge < -0.3 is 4.90 Å². The molecule has 2 rings (SSSR count). The number of amides is 1. The molecule has 0 spiro atoms. The first-order valence-electron chi connectivity index (χ1n) is 4.90. The third-order valence-corrected chi connectivity index (χ3v) is 2.63. The summed E-state index contributed by atoms with van der Waals surface area (Å²) in [5.74, 6) is 2.76. The second-order valence-corrected chi connectivity index (χ2v) is 3.68. The summed E-state index contributed by atoms with van der Waals surface area (Å²) in [7, 11) is 0. The van der Waals surface area contributed by atoms with Crippen LogP contribution in [0.2, 0.25) is 0 Å². The van der Waals surface area contributed by atoms with E-state index in [-0.39, 0.29) is 11.8 Å². The maximum atomic E-state index is 11.7. The van der Waals surface area contributed by atoms with Crippen molar-refractivity contribution in [2.75, 3.05) is 11.4 Å². The smallest absolute Gasteiger partial charge is 0.228 e. The van der Waals surface area contributed by atoms with Crippen molar-refractivity contribution in [3.8, 4) is 12.3 Å². The SMILES string of the molecule is C#CC1CC(=O)N(c2cccnc2C)C1. The van der Waals surface area contributed by atoms with Crippen molar-refractivity contribution in [1.29, 1.82) is 0 Å². The lowest BCUT2D eigenvalue weighted by Crippen LogP contribution is -2.25. The third-order valence-electron chi connectivity index (χ3n) is 2.63. The van der Waals surface area contributed by atoms with E-state index >= 15 is 0 Å². The van der Waals surface area contributed by atoms with Crippen LogP contribution in [0.25, 0.3) is 0 Å². The van der Waals surface area contributed by atoms with Crippen LogP contribution in [0, 0.1) is 25.2 Å². The van der Waals surface area contributed by atoms with E-state index in [2.05, 4.69) is 10.9 Å². The highest BCUT2D eigenvalue weighted by Gasteiger charge is 2.30. The lowest BCUT2D eigenvalue weighted by molar-refractivity contribution is -0.117. The van der Waals surface area contributed by atoms with Gasteiger partial charge in [-0.25, -0.2) is 0 Å². The first kappa shape index (κ1) is 9.72. The Morgan fingerprint density at radius 1 is 1.67 bits per heavy atom. The van der Waals surface area contributed by atoms with Crippen molar-refractivity contribution in [2.45, 2.75) is 13.3 Å². The lowest BCUT2D eigenvalue weighted by atomic mass is 10.1. The molecule has 0 N–H and O–H groups in total. The summed E-state index contributed by atoms with van der Waals surface area (Å²) in [6.45, 7) is 2.51. The molecule has 15 heavy (non-hydrogen) atoms. The number of anilines is 1. The van der Waals surface area contributed by atoms with E-state index in [1.807, 2.05) is 19.1 Å². The minimum absolute atomic E-state index is 0.0390. The van der Waals surface area contributed by atoms with Crippen molar-refractivity contribution in [2.24, 2.45) is 5.92 Å². The van der Waals surface area contributed by atoms with Crippen LogP contribution in [-0.2, 0) is 4.79 Å². The van der Waals surface area contributed by atoms with Crippen molar-refractivity contribution in [3.63, 3.8) is 0 Å². The summed E-state index contributed by atoms with van der Waals surface area (Å²) in [5, 5.41) is 0. The predicted octanol–water partition coefficient (Wildman–Crippen LogP) is 1.38. The van der Waals surface area contributed by atoms with Gasteiger partial charge in [-0.2, -0.15) is 0 Å². The summed E-state index contributed by atoms with van der Waals surface area (Å²) in [4.78, 5) is 17.6. The standard InChI is InChI=1S/C12H12N2O/c1-3-10-7-12(15)14(8-10)11-5-4-6-13-9(11)2/h1,4-6,10H,7-8H2,2H3. The van der Waals surface area contributed by atoms with Crippen molar-refractivity contribution in [3.05, 3.63) is 24.0 Å². The number of terminal acetylenes is 1. The van der Waals surface area contributed by atoms with Gasteiger partial charge in [0.05, 0.1) is 11.4 Å². The predicted molar refractivity (Wildman–Crippen MR) is 58.3 cm³/mol. The van der Waals surface area contributed by atoms with Gasteiger partial charge in [-0.15, -0.1) is 12.3 Å². The van der Waals surface area contributed by atoms with Gasteiger partial charge in [0, 0.05) is 25.1 Å². The van der Waals surface area contributed by atoms with Gasteiger partial charge >= 0.3 is 0 Å². The molecule has 1 unspecified atom stereocenters. The molecule has 0 aromatic carbocycles. The summed E-state index contributed by atoms with van der Waals surface area (Å²) < 4.78 is 0. The second-order valence-electron chi connectivity index (χ2n) is 3.68. The second kappa shape index (κ2) is 3.74. The molecule has 0 saturated carbocycles. The molecule has 1 amide bonds. The largest absolute Gasteiger partial charge is 0.309 e. The Balaban J connectivity index is 2.30. The van der Waals surface area contributed by atoms with Gasteiger partial charge in [0.15, 0.2) is 0 Å². The fourth-order valence-electron chi connectivity index (χ4n) is 1.81. The number of carbonyl (C=O) groups excluding carboxylic acids is 1. The number of rotatable bonds is 1. The molecule has 3 heteroatoms. The Hall–Kier alpha value is -1.82. The van der Waals surface area contributed by atoms with E-state index in [0.717, 1.165) is 11.4 Å². The minimum Gasteiger partial charge on any atom is -0.309 e. The summed E-state index contributed by atoms with van der Waals surface area (Å²) >= 11 is 0. The molecular weight excluding hydrogens is 188 g/mol. The van der Waals surface area contributed by atoms with Crippen LogP contribution in [0.15, 0.2) is 18.3 Å². The molecule has 1 aromatic heterocycles. The van der Waals surface area contributed by atoms with Gasteiger partial charge in [0.2, 0.25) is 5.91 Å². The Labute approximate surface area is 89.1 Å². The van der Waals surface area contributed by atoms with E-state index in [1.54, 1.807) is 11.1 Å². The average Bonchev–Trinajstić information content (AvgIpc) is 2.60. The van der Waals surface area contributed by atoms with Gasteiger partial charge in [-0.05, 0) is 19.1 Å². The molecule has 1 aliphatic heterocycles. The molecule has 1 saturated heterocycles. The van der Waals surface area contributed by atoms with Crippen molar-refractivity contribution in [1.82, 2.24) is 4.98 Å². The first-order chi connectivity index (χ1) is 7.22. The molecule has 3 nitrogen and oxygen atoms in total. The van der Waals surface area contributed by atoms with Crippen LogP contribution >= 0.6 is 0 Å². The van der Waals surface area contributed by atoms with E-state index in [4.69, 9.17) is 6.42 Å². The Bertz CT molecular complexity index is 433. The van der Waals surface area contributed by atoms with Crippen LogP contribution in [-0.4, -0.2) is 17.4 Å². The fraction of sp³-hybridized carbons (Fsp3) is 0.333. The van der Waals surface area contributed by atoms with Crippen LogP contribution in [0.3, 0.4) is 0 Å². The van der Waals surface area contributed by atoms with Gasteiger partial charge in [-0.1, -0.05) is 0 Å². The number of hydrogen-bond donors (Lipinski definition) is 0. The molecule has 76 valence electrons. The van der Waals surface area contributed by atoms with Crippen molar-refractivity contribution >= 4 is 11.6 Å². The molecule has 1 fully saturated rings. The highest BCUT2D eigenvalue weighted by atomic mass is 16.2. The number of hydrogen-bond acceptors (Lipinski definition) is 2. The van der Waals surface area contributed by atoms with E-state index in [9.17, 15) is 4.79 Å². The molecular formula is C12H12N2O. The first-order valence-corrected chi connectivity index (χ1v) is 4.90. The molecule has 0 radical (unpaired) electrons. The quantitative estimate of drug-likeness (QED) is 0.641. The number of nitrogens with zero attached hydrogens (tertiary/aromatic N) is 2. The summed E-state index contributed by atoms with van der Waals surface area (Å²) in [6.07, 6.45) is 7.50. The highest BCUT2D eigenvalue weighted by molar-refractivity contribution is 5.96. The Morgan fingerprint density at radius 3 is 3.07 bits per heavy atom. The summed E-state index contributed by atoms with van der Waals surface area (Å²) in [6, 6.07) is 3.73.